The third-order valence-corrected chi connectivity index (χ3v) is 4.13. The van der Waals surface area contributed by atoms with Gasteiger partial charge in [-0.05, 0) is 63.7 Å². The van der Waals surface area contributed by atoms with Crippen LogP contribution >= 0.6 is 57.6 Å². The van der Waals surface area contributed by atoms with Gasteiger partial charge in [0.15, 0.2) is 0 Å². The summed E-state index contributed by atoms with van der Waals surface area (Å²) in [6, 6.07) is 3.19. The van der Waals surface area contributed by atoms with Gasteiger partial charge >= 0.3 is 0 Å². The fraction of sp³-hybridized carbons (Fsp3) is 0.500. The van der Waals surface area contributed by atoms with Crippen molar-refractivity contribution in [3.8, 4) is 5.75 Å². The molecule has 4 N–H and O–H groups in total. The maximum absolute atomic E-state index is 9.97. The van der Waals surface area contributed by atoms with E-state index >= 15 is 0 Å². The van der Waals surface area contributed by atoms with Crippen LogP contribution in [0, 0.1) is 7.14 Å². The Morgan fingerprint density at radius 2 is 1.94 bits per heavy atom. The topological polar surface area (TPSA) is 66.5 Å². The molecule has 0 amide bonds. The van der Waals surface area contributed by atoms with Crippen LogP contribution in [0.5, 0.6) is 5.75 Å². The number of phenolic OH excluding ortho intramolecular Hbond substituents is 1. The van der Waals surface area contributed by atoms with Crippen LogP contribution in [-0.2, 0) is 0 Å². The van der Waals surface area contributed by atoms with Crippen LogP contribution in [-0.4, -0.2) is 16.3 Å². The van der Waals surface area contributed by atoms with Gasteiger partial charge in [0.2, 0.25) is 0 Å². The molecule has 0 bridgehead atoms. The summed E-state index contributed by atoms with van der Waals surface area (Å²) in [5, 5.41) is 19.9. The Bertz CT molecular complexity index is 391. The van der Waals surface area contributed by atoms with E-state index in [0.29, 0.717) is 12.0 Å². The number of halogens is 3. The number of aromatic hydroxyl groups is 1. The van der Waals surface area contributed by atoms with E-state index in [2.05, 4.69) is 52.1 Å². The number of aliphatic hydroxyl groups excluding tert-OH is 1. The highest BCUT2D eigenvalue weighted by molar-refractivity contribution is 14.1. The fourth-order valence-electron chi connectivity index (χ4n) is 1.64. The molecule has 0 radical (unpaired) electrons. The van der Waals surface area contributed by atoms with Gasteiger partial charge in [0.05, 0.1) is 15.7 Å². The van der Waals surface area contributed by atoms with Gasteiger partial charge < -0.3 is 15.9 Å². The predicted octanol–water partition coefficient (Wildman–Crippen LogP) is 3.57. The molecule has 0 aliphatic heterocycles. The van der Waals surface area contributed by atoms with Crippen LogP contribution in [0.15, 0.2) is 12.1 Å². The minimum Gasteiger partial charge on any atom is -0.506 e. The molecule has 1 aromatic carbocycles. The summed E-state index contributed by atoms with van der Waals surface area (Å²) in [5.41, 5.74) is 6.63. The highest BCUT2D eigenvalue weighted by Crippen LogP contribution is 2.32. The Kier molecular flexibility index (Phi) is 9.12. The maximum atomic E-state index is 9.97. The molecule has 0 unspecified atom stereocenters. The van der Waals surface area contributed by atoms with Crippen molar-refractivity contribution >= 4 is 57.6 Å². The van der Waals surface area contributed by atoms with Gasteiger partial charge in [-0.1, -0.05) is 19.8 Å². The number of hydrogen-bond donors (Lipinski definition) is 3. The monoisotopic (exact) mass is 497 g/mol. The maximum Gasteiger partial charge on any atom is 0.133 e. The third kappa shape index (κ3) is 4.99. The molecule has 0 fully saturated rings. The number of hydrogen-bond acceptors (Lipinski definition) is 3. The molecule has 0 aliphatic rings. The minimum atomic E-state index is -0.602. The van der Waals surface area contributed by atoms with Crippen molar-refractivity contribution in [2.24, 2.45) is 5.73 Å². The summed E-state index contributed by atoms with van der Waals surface area (Å²) in [4.78, 5) is 0. The summed E-state index contributed by atoms with van der Waals surface area (Å²) < 4.78 is 1.78. The van der Waals surface area contributed by atoms with E-state index in [0.717, 1.165) is 20.0 Å². The Balaban J connectivity index is 0.00000289. The first-order chi connectivity index (χ1) is 7.97. The average Bonchev–Trinajstić information content (AvgIpc) is 2.29. The van der Waals surface area contributed by atoms with Crippen LogP contribution in [0.1, 0.15) is 37.8 Å². The van der Waals surface area contributed by atoms with Crippen LogP contribution < -0.4 is 5.73 Å². The second kappa shape index (κ2) is 8.78. The highest BCUT2D eigenvalue weighted by atomic mass is 127. The number of nitrogens with two attached hydrogens (primary N) is 1. The van der Waals surface area contributed by atoms with Crippen molar-refractivity contribution in [2.45, 2.75) is 38.3 Å². The zero-order chi connectivity index (χ0) is 13.0. The summed E-state index contributed by atoms with van der Waals surface area (Å²) in [5.74, 6) is 0.189. The van der Waals surface area contributed by atoms with E-state index in [4.69, 9.17) is 5.73 Å². The lowest BCUT2D eigenvalue weighted by molar-refractivity contribution is 0.131. The molecule has 0 spiro atoms. The first-order valence-electron chi connectivity index (χ1n) is 5.59. The van der Waals surface area contributed by atoms with Gasteiger partial charge in [-0.25, -0.2) is 0 Å². The third-order valence-electron chi connectivity index (χ3n) is 2.68. The predicted molar refractivity (Wildman–Crippen MR) is 93.2 cm³/mol. The molecule has 0 saturated carbocycles. The van der Waals surface area contributed by atoms with Crippen LogP contribution in [0.2, 0.25) is 0 Å². The Hall–Kier alpha value is 0.690. The molecule has 2 atom stereocenters. The van der Waals surface area contributed by atoms with Crippen molar-refractivity contribution in [1.29, 1.82) is 0 Å². The number of benzene rings is 1. The number of aliphatic hydroxyl groups is 1. The van der Waals surface area contributed by atoms with Crippen molar-refractivity contribution in [1.82, 2.24) is 0 Å². The van der Waals surface area contributed by atoms with Crippen LogP contribution in [0.25, 0.3) is 0 Å². The SMILES string of the molecule is CCCC[C@H](O)[C@H](N)c1cc(I)cc(I)c1O.Cl. The lowest BCUT2D eigenvalue weighted by Gasteiger charge is -2.20. The molecule has 104 valence electrons. The first kappa shape index (κ1) is 18.7. The fourth-order valence-corrected chi connectivity index (χ4v) is 3.53. The van der Waals surface area contributed by atoms with E-state index in [-0.39, 0.29) is 18.2 Å². The molecule has 0 aromatic heterocycles. The molecule has 0 aliphatic carbocycles. The summed E-state index contributed by atoms with van der Waals surface area (Å²) in [7, 11) is 0. The Morgan fingerprint density at radius 1 is 1.33 bits per heavy atom. The minimum absolute atomic E-state index is 0. The van der Waals surface area contributed by atoms with Gasteiger partial charge in [0.1, 0.15) is 5.75 Å². The molecule has 1 aromatic rings. The summed E-state index contributed by atoms with van der Waals surface area (Å²) in [6.45, 7) is 2.07. The van der Waals surface area contributed by atoms with Crippen molar-refractivity contribution < 1.29 is 10.2 Å². The van der Waals surface area contributed by atoms with Gasteiger partial charge in [-0.2, -0.15) is 0 Å². The van der Waals surface area contributed by atoms with E-state index in [1.807, 2.05) is 12.1 Å². The number of phenols is 1. The average molecular weight is 498 g/mol. The van der Waals surface area contributed by atoms with Gasteiger partial charge in [0.25, 0.3) is 0 Å². The number of unbranched alkanes of at least 4 members (excludes halogenated alkanes) is 1. The van der Waals surface area contributed by atoms with E-state index < -0.39 is 12.1 Å². The Labute approximate surface area is 141 Å². The lowest BCUT2D eigenvalue weighted by atomic mass is 9.98. The van der Waals surface area contributed by atoms with Crippen molar-refractivity contribution in [3.05, 3.63) is 24.8 Å². The molecule has 18 heavy (non-hydrogen) atoms. The smallest absolute Gasteiger partial charge is 0.133 e. The van der Waals surface area contributed by atoms with Crippen molar-refractivity contribution in [3.63, 3.8) is 0 Å². The second-order valence-electron chi connectivity index (χ2n) is 4.06. The van der Waals surface area contributed by atoms with Gasteiger partial charge in [0, 0.05) is 9.13 Å². The molecule has 0 saturated heterocycles. The standard InChI is InChI=1S/C12H17I2NO2.ClH/c1-2-3-4-10(16)11(15)8-5-7(13)6-9(14)12(8)17;/h5-6,10-11,16-17H,2-4,15H2,1H3;1H/t10-,11+;/m0./s1. The van der Waals surface area contributed by atoms with Crippen LogP contribution in [0.3, 0.4) is 0 Å². The highest BCUT2D eigenvalue weighted by Gasteiger charge is 2.21. The Morgan fingerprint density at radius 3 is 2.50 bits per heavy atom. The largest absolute Gasteiger partial charge is 0.506 e. The molecule has 1 rings (SSSR count). The normalized spacial score (nSPS) is 13.8. The van der Waals surface area contributed by atoms with Gasteiger partial charge in [-0.3, -0.25) is 0 Å². The molecular weight excluding hydrogens is 479 g/mol. The lowest BCUT2D eigenvalue weighted by Crippen LogP contribution is -2.26. The quantitative estimate of drug-likeness (QED) is 0.545. The van der Waals surface area contributed by atoms with Gasteiger partial charge in [-0.15, -0.1) is 12.4 Å². The van der Waals surface area contributed by atoms with E-state index in [1.54, 1.807) is 0 Å². The zero-order valence-corrected chi connectivity index (χ0v) is 15.2. The molecule has 3 nitrogen and oxygen atoms in total. The molecular formula is C12H18ClI2NO2. The second-order valence-corrected chi connectivity index (χ2v) is 6.47. The van der Waals surface area contributed by atoms with Crippen molar-refractivity contribution in [2.75, 3.05) is 0 Å². The molecule has 0 heterocycles. The summed E-state index contributed by atoms with van der Waals surface area (Å²) in [6.07, 6.45) is 2.03. The summed E-state index contributed by atoms with van der Waals surface area (Å²) >= 11 is 4.25. The molecule has 6 heteroatoms. The van der Waals surface area contributed by atoms with E-state index in [1.165, 1.54) is 0 Å². The van der Waals surface area contributed by atoms with Crippen LogP contribution in [0.4, 0.5) is 0 Å². The zero-order valence-electron chi connectivity index (χ0n) is 10.1. The number of rotatable bonds is 5. The van der Waals surface area contributed by atoms with E-state index in [9.17, 15) is 10.2 Å². The first-order valence-corrected chi connectivity index (χ1v) is 7.74.